The van der Waals surface area contributed by atoms with Crippen LogP contribution in [0.25, 0.3) is 0 Å². The van der Waals surface area contributed by atoms with Crippen LogP contribution in [0.2, 0.25) is 0 Å². The van der Waals surface area contributed by atoms with E-state index in [2.05, 4.69) is 5.32 Å². The number of carbonyl (C=O) groups excluding carboxylic acids is 1. The first-order chi connectivity index (χ1) is 10.2. The SMILES string of the molecule is COc1cc(OC)cc(C(=O)N(C)C2CCCNCC2)c1. The van der Waals surface area contributed by atoms with Crippen LogP contribution in [0, 0.1) is 0 Å². The van der Waals surface area contributed by atoms with Crippen molar-refractivity contribution in [1.82, 2.24) is 10.2 Å². The standard InChI is InChI=1S/C16H24N2O3/c1-18(13-5-4-7-17-8-6-13)16(19)12-9-14(20-2)11-15(10-12)21-3/h9-11,13,17H,4-8H2,1-3H3. The molecule has 1 atom stereocenters. The Balaban J connectivity index is 2.17. The first kappa shape index (κ1) is 15.6. The lowest BCUT2D eigenvalue weighted by molar-refractivity contribution is 0.0719. The third-order valence-electron chi connectivity index (χ3n) is 4.01. The number of hydrogen-bond donors (Lipinski definition) is 1. The summed E-state index contributed by atoms with van der Waals surface area (Å²) in [6.45, 7) is 2.00. The molecule has 5 heteroatoms. The molecule has 0 spiro atoms. The molecule has 1 aliphatic heterocycles. The van der Waals surface area contributed by atoms with E-state index in [-0.39, 0.29) is 11.9 Å². The minimum atomic E-state index is 0.0131. The molecule has 5 nitrogen and oxygen atoms in total. The molecule has 116 valence electrons. The van der Waals surface area contributed by atoms with Gasteiger partial charge in [0.15, 0.2) is 0 Å². The summed E-state index contributed by atoms with van der Waals surface area (Å²) in [6.07, 6.45) is 3.13. The van der Waals surface area contributed by atoms with Gasteiger partial charge in [0, 0.05) is 24.7 Å². The summed E-state index contributed by atoms with van der Waals surface area (Å²) < 4.78 is 10.5. The van der Waals surface area contributed by atoms with E-state index in [0.717, 1.165) is 32.4 Å². The van der Waals surface area contributed by atoms with Crippen molar-refractivity contribution in [2.24, 2.45) is 0 Å². The third kappa shape index (κ3) is 3.88. The molecule has 1 unspecified atom stereocenters. The molecular formula is C16H24N2O3. The lowest BCUT2D eigenvalue weighted by Crippen LogP contribution is -2.37. The van der Waals surface area contributed by atoms with Crippen molar-refractivity contribution >= 4 is 5.91 Å². The highest BCUT2D eigenvalue weighted by molar-refractivity contribution is 5.95. The van der Waals surface area contributed by atoms with E-state index < -0.39 is 0 Å². The number of ether oxygens (including phenoxy) is 2. The van der Waals surface area contributed by atoms with Gasteiger partial charge in [0.1, 0.15) is 11.5 Å². The second-order valence-corrected chi connectivity index (χ2v) is 5.35. The van der Waals surface area contributed by atoms with Gasteiger partial charge in [0.2, 0.25) is 0 Å². The Kier molecular flexibility index (Phi) is 5.44. The minimum Gasteiger partial charge on any atom is -0.497 e. The van der Waals surface area contributed by atoms with Crippen molar-refractivity contribution in [2.75, 3.05) is 34.4 Å². The summed E-state index contributed by atoms with van der Waals surface area (Å²) in [7, 11) is 5.05. The smallest absolute Gasteiger partial charge is 0.254 e. The van der Waals surface area contributed by atoms with Crippen molar-refractivity contribution in [3.05, 3.63) is 23.8 Å². The predicted molar refractivity (Wildman–Crippen MR) is 82.1 cm³/mol. The average Bonchev–Trinajstić information content (AvgIpc) is 2.82. The van der Waals surface area contributed by atoms with E-state index in [0.29, 0.717) is 17.1 Å². The molecule has 1 N–H and O–H groups in total. The van der Waals surface area contributed by atoms with Gasteiger partial charge < -0.3 is 19.7 Å². The first-order valence-electron chi connectivity index (χ1n) is 7.36. The molecule has 1 saturated heterocycles. The fraction of sp³-hybridized carbons (Fsp3) is 0.562. The maximum Gasteiger partial charge on any atom is 0.254 e. The largest absolute Gasteiger partial charge is 0.497 e. The molecule has 21 heavy (non-hydrogen) atoms. The normalized spacial score (nSPS) is 18.7. The van der Waals surface area contributed by atoms with E-state index in [1.165, 1.54) is 0 Å². The molecule has 1 aliphatic rings. The molecule has 0 aliphatic carbocycles. The number of hydrogen-bond acceptors (Lipinski definition) is 4. The summed E-state index contributed by atoms with van der Waals surface area (Å²) in [5.74, 6) is 1.28. The van der Waals surface area contributed by atoms with Gasteiger partial charge in [-0.15, -0.1) is 0 Å². The zero-order valence-corrected chi connectivity index (χ0v) is 13.0. The quantitative estimate of drug-likeness (QED) is 0.921. The van der Waals surface area contributed by atoms with Crippen LogP contribution in [0.1, 0.15) is 29.6 Å². The zero-order chi connectivity index (χ0) is 15.2. The Hall–Kier alpha value is -1.75. The van der Waals surface area contributed by atoms with Gasteiger partial charge in [-0.05, 0) is 44.5 Å². The highest BCUT2D eigenvalue weighted by Gasteiger charge is 2.22. The Bertz CT molecular complexity index is 460. The highest BCUT2D eigenvalue weighted by atomic mass is 16.5. The van der Waals surface area contributed by atoms with Gasteiger partial charge in [-0.1, -0.05) is 0 Å². The molecule has 1 heterocycles. The molecular weight excluding hydrogens is 268 g/mol. The number of nitrogens with one attached hydrogen (secondary N) is 1. The van der Waals surface area contributed by atoms with Gasteiger partial charge in [-0.25, -0.2) is 0 Å². The Labute approximate surface area is 126 Å². The fourth-order valence-corrected chi connectivity index (χ4v) is 2.69. The van der Waals surface area contributed by atoms with Crippen LogP contribution in [-0.2, 0) is 0 Å². The molecule has 1 aromatic carbocycles. The van der Waals surface area contributed by atoms with E-state index in [1.807, 2.05) is 11.9 Å². The topological polar surface area (TPSA) is 50.8 Å². The van der Waals surface area contributed by atoms with Gasteiger partial charge in [0.05, 0.1) is 14.2 Å². The lowest BCUT2D eigenvalue weighted by Gasteiger charge is -2.27. The number of nitrogens with zero attached hydrogens (tertiary/aromatic N) is 1. The third-order valence-corrected chi connectivity index (χ3v) is 4.01. The maximum absolute atomic E-state index is 12.7. The number of amides is 1. The summed E-state index contributed by atoms with van der Waals surface area (Å²) in [5.41, 5.74) is 0.603. The average molecular weight is 292 g/mol. The Morgan fingerprint density at radius 1 is 1.14 bits per heavy atom. The molecule has 0 aromatic heterocycles. The van der Waals surface area contributed by atoms with Crippen molar-refractivity contribution < 1.29 is 14.3 Å². The number of benzene rings is 1. The van der Waals surface area contributed by atoms with E-state index in [9.17, 15) is 4.79 Å². The Morgan fingerprint density at radius 3 is 2.43 bits per heavy atom. The minimum absolute atomic E-state index is 0.0131. The molecule has 0 saturated carbocycles. The van der Waals surface area contributed by atoms with Crippen LogP contribution in [0.4, 0.5) is 0 Å². The lowest BCUT2D eigenvalue weighted by atomic mass is 10.1. The fourth-order valence-electron chi connectivity index (χ4n) is 2.69. The van der Waals surface area contributed by atoms with Gasteiger partial charge >= 0.3 is 0 Å². The van der Waals surface area contributed by atoms with Crippen LogP contribution >= 0.6 is 0 Å². The number of carbonyl (C=O) groups is 1. The van der Waals surface area contributed by atoms with Crippen molar-refractivity contribution in [3.8, 4) is 11.5 Å². The van der Waals surface area contributed by atoms with Crippen LogP contribution < -0.4 is 14.8 Å². The van der Waals surface area contributed by atoms with Crippen molar-refractivity contribution in [1.29, 1.82) is 0 Å². The molecule has 0 bridgehead atoms. The van der Waals surface area contributed by atoms with E-state index in [1.54, 1.807) is 32.4 Å². The van der Waals surface area contributed by atoms with Crippen LogP contribution in [-0.4, -0.2) is 51.2 Å². The molecule has 1 fully saturated rings. The van der Waals surface area contributed by atoms with Crippen molar-refractivity contribution in [3.63, 3.8) is 0 Å². The van der Waals surface area contributed by atoms with Gasteiger partial charge in [0.25, 0.3) is 5.91 Å². The summed E-state index contributed by atoms with van der Waals surface area (Å²) in [4.78, 5) is 14.5. The maximum atomic E-state index is 12.7. The van der Waals surface area contributed by atoms with Gasteiger partial charge in [-0.3, -0.25) is 4.79 Å². The number of rotatable bonds is 4. The van der Waals surface area contributed by atoms with E-state index >= 15 is 0 Å². The Morgan fingerprint density at radius 2 is 1.81 bits per heavy atom. The van der Waals surface area contributed by atoms with Crippen LogP contribution in [0.5, 0.6) is 11.5 Å². The van der Waals surface area contributed by atoms with E-state index in [4.69, 9.17) is 9.47 Å². The molecule has 1 aromatic rings. The molecule has 2 rings (SSSR count). The predicted octanol–water partition coefficient (Wildman–Crippen LogP) is 1.92. The van der Waals surface area contributed by atoms with Crippen LogP contribution in [0.3, 0.4) is 0 Å². The summed E-state index contributed by atoms with van der Waals surface area (Å²) in [5, 5.41) is 3.37. The molecule has 0 radical (unpaired) electrons. The van der Waals surface area contributed by atoms with Crippen molar-refractivity contribution in [2.45, 2.75) is 25.3 Å². The second-order valence-electron chi connectivity index (χ2n) is 5.35. The second kappa shape index (κ2) is 7.31. The summed E-state index contributed by atoms with van der Waals surface area (Å²) >= 11 is 0. The summed E-state index contributed by atoms with van der Waals surface area (Å²) in [6, 6.07) is 5.57. The van der Waals surface area contributed by atoms with Crippen LogP contribution in [0.15, 0.2) is 18.2 Å². The highest BCUT2D eigenvalue weighted by Crippen LogP contribution is 2.24. The first-order valence-corrected chi connectivity index (χ1v) is 7.36. The number of methoxy groups -OCH3 is 2. The molecule has 1 amide bonds. The monoisotopic (exact) mass is 292 g/mol. The van der Waals surface area contributed by atoms with Gasteiger partial charge in [-0.2, -0.15) is 0 Å². The zero-order valence-electron chi connectivity index (χ0n) is 13.0.